The summed E-state index contributed by atoms with van der Waals surface area (Å²) in [6.45, 7) is 10.9. The summed E-state index contributed by atoms with van der Waals surface area (Å²) in [6.07, 6.45) is 1.79. The van der Waals surface area contributed by atoms with E-state index in [2.05, 4.69) is 39.6 Å². The topological polar surface area (TPSA) is 33.1 Å². The predicted molar refractivity (Wildman–Crippen MR) is 62.9 cm³/mol. The number of aromatic nitrogens is 1. The van der Waals surface area contributed by atoms with Crippen LogP contribution in [0.15, 0.2) is 12.3 Å². The van der Waals surface area contributed by atoms with Gasteiger partial charge in [-0.15, -0.1) is 0 Å². The van der Waals surface area contributed by atoms with Gasteiger partial charge in [0.2, 0.25) is 0 Å². The van der Waals surface area contributed by atoms with Gasteiger partial charge in [-0.2, -0.15) is 0 Å². The van der Waals surface area contributed by atoms with Crippen LogP contribution in [0.3, 0.4) is 0 Å². The number of rotatable bonds is 2. The highest BCUT2D eigenvalue weighted by Crippen LogP contribution is 2.31. The van der Waals surface area contributed by atoms with E-state index in [1.165, 1.54) is 5.56 Å². The largest absolute Gasteiger partial charge is 0.392 e. The molecule has 2 heteroatoms. The lowest BCUT2D eigenvalue weighted by molar-refractivity contribution is 0.278. The van der Waals surface area contributed by atoms with Crippen LogP contribution in [0.4, 0.5) is 0 Å². The molecule has 15 heavy (non-hydrogen) atoms. The molecule has 0 aliphatic rings. The molecule has 0 aromatic carbocycles. The average Bonchev–Trinajstić information content (AvgIpc) is 2.15. The van der Waals surface area contributed by atoms with Crippen molar-refractivity contribution in [1.29, 1.82) is 0 Å². The van der Waals surface area contributed by atoms with Crippen LogP contribution in [0, 0.1) is 0 Å². The molecule has 0 atom stereocenters. The lowest BCUT2D eigenvalue weighted by atomic mass is 9.80. The minimum absolute atomic E-state index is 0.0337. The summed E-state index contributed by atoms with van der Waals surface area (Å²) < 4.78 is 0. The molecule has 0 unspecified atom stereocenters. The van der Waals surface area contributed by atoms with Crippen LogP contribution in [-0.4, -0.2) is 10.1 Å². The zero-order valence-electron chi connectivity index (χ0n) is 10.3. The Labute approximate surface area is 92.4 Å². The molecule has 1 aromatic rings. The maximum atomic E-state index is 9.36. The van der Waals surface area contributed by atoms with E-state index in [1.807, 2.05) is 6.07 Å². The average molecular weight is 207 g/mol. The number of hydrogen-bond acceptors (Lipinski definition) is 2. The third-order valence-electron chi connectivity index (χ3n) is 2.53. The van der Waals surface area contributed by atoms with E-state index in [9.17, 15) is 5.11 Å². The molecule has 1 N–H and O–H groups in total. The van der Waals surface area contributed by atoms with Crippen LogP contribution in [0.5, 0.6) is 0 Å². The Kier molecular flexibility index (Phi) is 3.50. The highest BCUT2D eigenvalue weighted by Gasteiger charge is 2.23. The summed E-state index contributed by atoms with van der Waals surface area (Å²) in [5.41, 5.74) is 3.34. The number of aliphatic hydroxyl groups excluding tert-OH is 1. The number of nitrogens with zero attached hydrogens (tertiary/aromatic N) is 1. The van der Waals surface area contributed by atoms with Crippen molar-refractivity contribution < 1.29 is 5.11 Å². The fourth-order valence-electron chi connectivity index (χ4n) is 1.96. The molecule has 2 nitrogen and oxygen atoms in total. The molecule has 1 heterocycles. The Morgan fingerprint density at radius 1 is 1.33 bits per heavy atom. The summed E-state index contributed by atoms with van der Waals surface area (Å²) in [6, 6.07) is 1.91. The Bertz CT molecular complexity index is 337. The van der Waals surface area contributed by atoms with Crippen molar-refractivity contribution in [3.8, 4) is 0 Å². The van der Waals surface area contributed by atoms with Crippen molar-refractivity contribution in [3.05, 3.63) is 29.1 Å². The molecule has 0 aliphatic heterocycles. The fourth-order valence-corrected chi connectivity index (χ4v) is 1.96. The van der Waals surface area contributed by atoms with Gasteiger partial charge < -0.3 is 5.11 Å². The van der Waals surface area contributed by atoms with E-state index in [-0.39, 0.29) is 12.0 Å². The molecule has 0 saturated carbocycles. The summed E-state index contributed by atoms with van der Waals surface area (Å²) >= 11 is 0. The normalized spacial score (nSPS) is 12.2. The molecular formula is C13H21NO. The van der Waals surface area contributed by atoms with Crippen LogP contribution < -0.4 is 0 Å². The van der Waals surface area contributed by atoms with E-state index in [4.69, 9.17) is 0 Å². The first-order valence-corrected chi connectivity index (χ1v) is 5.47. The van der Waals surface area contributed by atoms with Gasteiger partial charge in [-0.3, -0.25) is 4.98 Å². The fraction of sp³-hybridized carbons (Fsp3) is 0.615. The molecule has 84 valence electrons. The highest BCUT2D eigenvalue weighted by molar-refractivity contribution is 5.37. The summed E-state index contributed by atoms with van der Waals surface area (Å²) in [5, 5.41) is 9.36. The van der Waals surface area contributed by atoms with E-state index in [0.717, 1.165) is 11.3 Å². The highest BCUT2D eigenvalue weighted by atomic mass is 16.3. The maximum absolute atomic E-state index is 9.36. The Morgan fingerprint density at radius 3 is 2.33 bits per heavy atom. The van der Waals surface area contributed by atoms with Crippen LogP contribution in [0.1, 0.15) is 57.4 Å². The monoisotopic (exact) mass is 207 g/mol. The molecule has 0 bridgehead atoms. The maximum Gasteiger partial charge on any atom is 0.0685 e. The van der Waals surface area contributed by atoms with Gasteiger partial charge in [0, 0.05) is 11.9 Å². The van der Waals surface area contributed by atoms with Crippen molar-refractivity contribution in [2.24, 2.45) is 0 Å². The van der Waals surface area contributed by atoms with Crippen molar-refractivity contribution in [1.82, 2.24) is 4.98 Å². The number of aliphatic hydroxyl groups is 1. The Morgan fingerprint density at radius 2 is 1.93 bits per heavy atom. The smallest absolute Gasteiger partial charge is 0.0685 e. The van der Waals surface area contributed by atoms with Gasteiger partial charge in [0.25, 0.3) is 0 Å². The third kappa shape index (κ3) is 2.57. The van der Waals surface area contributed by atoms with Gasteiger partial charge in [0.05, 0.1) is 6.61 Å². The van der Waals surface area contributed by atoms with Gasteiger partial charge >= 0.3 is 0 Å². The molecule has 0 amide bonds. The minimum atomic E-state index is 0.0337. The molecular weight excluding hydrogens is 186 g/mol. The second-order valence-corrected chi connectivity index (χ2v) is 5.29. The Hall–Kier alpha value is -0.890. The van der Waals surface area contributed by atoms with Crippen molar-refractivity contribution >= 4 is 0 Å². The van der Waals surface area contributed by atoms with Gasteiger partial charge in [-0.05, 0) is 28.5 Å². The zero-order valence-corrected chi connectivity index (χ0v) is 10.3. The SMILES string of the molecule is CC(C)c1nccc(CO)c1C(C)(C)C. The molecule has 1 rings (SSSR count). The van der Waals surface area contributed by atoms with Crippen LogP contribution in [0.25, 0.3) is 0 Å². The Balaban J connectivity index is 3.41. The lowest BCUT2D eigenvalue weighted by Gasteiger charge is -2.26. The van der Waals surface area contributed by atoms with Crippen LogP contribution >= 0.6 is 0 Å². The molecule has 0 radical (unpaired) electrons. The molecule has 0 fully saturated rings. The number of pyridine rings is 1. The minimum Gasteiger partial charge on any atom is -0.392 e. The molecule has 0 saturated heterocycles. The third-order valence-corrected chi connectivity index (χ3v) is 2.53. The second-order valence-electron chi connectivity index (χ2n) is 5.29. The van der Waals surface area contributed by atoms with Gasteiger partial charge in [0.1, 0.15) is 0 Å². The van der Waals surface area contributed by atoms with Gasteiger partial charge in [0.15, 0.2) is 0 Å². The van der Waals surface area contributed by atoms with E-state index < -0.39 is 0 Å². The second kappa shape index (κ2) is 4.31. The molecule has 1 aromatic heterocycles. The first-order chi connectivity index (χ1) is 6.88. The predicted octanol–water partition coefficient (Wildman–Crippen LogP) is 2.99. The van der Waals surface area contributed by atoms with E-state index >= 15 is 0 Å². The quantitative estimate of drug-likeness (QED) is 0.808. The summed E-state index contributed by atoms with van der Waals surface area (Å²) in [7, 11) is 0. The van der Waals surface area contributed by atoms with Crippen molar-refractivity contribution in [3.63, 3.8) is 0 Å². The van der Waals surface area contributed by atoms with Crippen molar-refractivity contribution in [2.45, 2.75) is 52.6 Å². The van der Waals surface area contributed by atoms with Gasteiger partial charge in [-0.25, -0.2) is 0 Å². The summed E-state index contributed by atoms with van der Waals surface area (Å²) in [4.78, 5) is 4.44. The molecule has 0 spiro atoms. The standard InChI is InChI=1S/C13H21NO/c1-9(2)12-11(13(3,4)5)10(8-15)6-7-14-12/h6-7,9,15H,8H2,1-5H3. The van der Waals surface area contributed by atoms with Crippen LogP contribution in [-0.2, 0) is 12.0 Å². The van der Waals surface area contributed by atoms with Crippen LogP contribution in [0.2, 0.25) is 0 Å². The van der Waals surface area contributed by atoms with E-state index in [0.29, 0.717) is 5.92 Å². The first kappa shape index (κ1) is 12.2. The van der Waals surface area contributed by atoms with Crippen molar-refractivity contribution in [2.75, 3.05) is 0 Å². The van der Waals surface area contributed by atoms with E-state index in [1.54, 1.807) is 6.20 Å². The summed E-state index contributed by atoms with van der Waals surface area (Å²) in [5.74, 6) is 0.394. The first-order valence-electron chi connectivity index (χ1n) is 5.47. The van der Waals surface area contributed by atoms with Gasteiger partial charge in [-0.1, -0.05) is 34.6 Å². The zero-order chi connectivity index (χ0) is 11.6. The number of hydrogen-bond donors (Lipinski definition) is 1. The molecule has 0 aliphatic carbocycles. The lowest BCUT2D eigenvalue weighted by Crippen LogP contribution is -2.19.